The van der Waals surface area contributed by atoms with Crippen LogP contribution in [-0.4, -0.2) is 22.0 Å². The van der Waals surface area contributed by atoms with Gasteiger partial charge in [-0.25, -0.2) is 0 Å². The fourth-order valence-corrected chi connectivity index (χ4v) is 1.08. The predicted octanol–water partition coefficient (Wildman–Crippen LogP) is 1.45. The van der Waals surface area contributed by atoms with E-state index in [0.29, 0.717) is 5.69 Å². The van der Waals surface area contributed by atoms with E-state index in [1.807, 2.05) is 0 Å². The van der Waals surface area contributed by atoms with E-state index in [1.165, 1.54) is 13.8 Å². The van der Waals surface area contributed by atoms with Gasteiger partial charge in [-0.2, -0.15) is 0 Å². The maximum Gasteiger partial charge on any atom is 0.309 e. The quantitative estimate of drug-likeness (QED) is 0.703. The lowest BCUT2D eigenvalue weighted by Crippen LogP contribution is -2.29. The molecule has 0 bridgehead atoms. The van der Waals surface area contributed by atoms with Crippen LogP contribution < -0.4 is 5.32 Å². The standard InChI is InChI=1S/C10H14N2O3/c1-10(2,9(14)15)5-8(13)12-7-3-4-11-6-7/h3-4,6,11H,5H2,1-2H3,(H,12,13)(H,14,15). The molecule has 1 aromatic heterocycles. The number of nitrogens with one attached hydrogen (secondary N) is 2. The van der Waals surface area contributed by atoms with Crippen molar-refractivity contribution in [3.8, 4) is 0 Å². The van der Waals surface area contributed by atoms with Crippen LogP contribution in [0.1, 0.15) is 20.3 Å². The number of aliphatic carboxylic acids is 1. The number of aromatic amines is 1. The summed E-state index contributed by atoms with van der Waals surface area (Å²) >= 11 is 0. The normalized spacial score (nSPS) is 11.1. The Hall–Kier alpha value is -1.78. The van der Waals surface area contributed by atoms with E-state index in [0.717, 1.165) is 0 Å². The minimum atomic E-state index is -1.04. The Morgan fingerprint density at radius 1 is 1.53 bits per heavy atom. The zero-order valence-electron chi connectivity index (χ0n) is 8.70. The fraction of sp³-hybridized carbons (Fsp3) is 0.400. The van der Waals surface area contributed by atoms with E-state index >= 15 is 0 Å². The third-order valence-electron chi connectivity index (χ3n) is 2.06. The average molecular weight is 210 g/mol. The van der Waals surface area contributed by atoms with Gasteiger partial charge in [-0.05, 0) is 19.9 Å². The van der Waals surface area contributed by atoms with Gasteiger partial charge in [0.1, 0.15) is 0 Å². The van der Waals surface area contributed by atoms with Crippen LogP contribution in [0.5, 0.6) is 0 Å². The molecule has 0 fully saturated rings. The summed E-state index contributed by atoms with van der Waals surface area (Å²) in [7, 11) is 0. The smallest absolute Gasteiger partial charge is 0.309 e. The van der Waals surface area contributed by atoms with Gasteiger partial charge in [-0.1, -0.05) is 0 Å². The molecule has 0 saturated carbocycles. The van der Waals surface area contributed by atoms with Crippen molar-refractivity contribution in [3.05, 3.63) is 18.5 Å². The molecule has 82 valence electrons. The van der Waals surface area contributed by atoms with Crippen LogP contribution in [0.2, 0.25) is 0 Å². The number of H-pyrrole nitrogens is 1. The summed E-state index contributed by atoms with van der Waals surface area (Å²) in [4.78, 5) is 25.0. The summed E-state index contributed by atoms with van der Waals surface area (Å²) in [6, 6.07) is 1.70. The molecule has 0 unspecified atom stereocenters. The van der Waals surface area contributed by atoms with E-state index in [-0.39, 0.29) is 12.3 Å². The van der Waals surface area contributed by atoms with Crippen LogP contribution in [-0.2, 0) is 9.59 Å². The first-order valence-electron chi connectivity index (χ1n) is 4.58. The molecule has 15 heavy (non-hydrogen) atoms. The number of carboxylic acids is 1. The Balaban J connectivity index is 2.53. The molecule has 1 amide bonds. The van der Waals surface area contributed by atoms with E-state index in [1.54, 1.807) is 18.5 Å². The number of hydrogen-bond donors (Lipinski definition) is 3. The number of rotatable bonds is 4. The maximum atomic E-state index is 11.4. The minimum absolute atomic E-state index is 0.0481. The molecule has 0 saturated heterocycles. The summed E-state index contributed by atoms with van der Waals surface area (Å²) in [6.45, 7) is 3.04. The Morgan fingerprint density at radius 3 is 2.67 bits per heavy atom. The van der Waals surface area contributed by atoms with E-state index in [9.17, 15) is 9.59 Å². The van der Waals surface area contributed by atoms with E-state index in [4.69, 9.17) is 5.11 Å². The highest BCUT2D eigenvalue weighted by Crippen LogP contribution is 2.21. The second kappa shape index (κ2) is 4.16. The molecule has 3 N–H and O–H groups in total. The zero-order valence-corrected chi connectivity index (χ0v) is 8.70. The predicted molar refractivity (Wildman–Crippen MR) is 55.5 cm³/mol. The van der Waals surface area contributed by atoms with Gasteiger partial charge >= 0.3 is 5.97 Å². The highest BCUT2D eigenvalue weighted by atomic mass is 16.4. The lowest BCUT2D eigenvalue weighted by Gasteiger charge is -2.17. The molecular weight excluding hydrogens is 196 g/mol. The Labute approximate surface area is 87.5 Å². The Bertz CT molecular complexity index is 355. The minimum Gasteiger partial charge on any atom is -0.481 e. The van der Waals surface area contributed by atoms with E-state index < -0.39 is 11.4 Å². The lowest BCUT2D eigenvalue weighted by atomic mass is 9.89. The number of carbonyl (C=O) groups excluding carboxylic acids is 1. The fourth-order valence-electron chi connectivity index (χ4n) is 1.08. The number of carbonyl (C=O) groups is 2. The third-order valence-corrected chi connectivity index (χ3v) is 2.06. The number of carboxylic acid groups (broad SMARTS) is 1. The van der Waals surface area contributed by atoms with Crippen molar-refractivity contribution in [1.82, 2.24) is 4.98 Å². The molecule has 0 atom stereocenters. The van der Waals surface area contributed by atoms with Crippen molar-refractivity contribution in [1.29, 1.82) is 0 Å². The molecule has 1 rings (SSSR count). The average Bonchev–Trinajstić information content (AvgIpc) is 2.54. The number of hydrogen-bond acceptors (Lipinski definition) is 2. The molecule has 0 aliphatic rings. The molecule has 5 heteroatoms. The van der Waals surface area contributed by atoms with Crippen molar-refractivity contribution < 1.29 is 14.7 Å². The Morgan fingerprint density at radius 2 is 2.20 bits per heavy atom. The van der Waals surface area contributed by atoms with Crippen molar-refractivity contribution >= 4 is 17.6 Å². The van der Waals surface area contributed by atoms with Gasteiger partial charge in [-0.15, -0.1) is 0 Å². The molecule has 0 spiro atoms. The number of amides is 1. The molecular formula is C10H14N2O3. The number of anilines is 1. The zero-order chi connectivity index (χ0) is 11.5. The summed E-state index contributed by atoms with van der Waals surface area (Å²) < 4.78 is 0. The van der Waals surface area contributed by atoms with Crippen LogP contribution in [0.4, 0.5) is 5.69 Å². The molecule has 1 heterocycles. The van der Waals surface area contributed by atoms with Crippen molar-refractivity contribution in [2.45, 2.75) is 20.3 Å². The van der Waals surface area contributed by atoms with Gasteiger partial charge in [0.25, 0.3) is 0 Å². The first-order valence-corrected chi connectivity index (χ1v) is 4.58. The Kier molecular flexibility index (Phi) is 3.14. The van der Waals surface area contributed by atoms with Crippen LogP contribution >= 0.6 is 0 Å². The molecule has 0 aliphatic heterocycles. The molecule has 0 radical (unpaired) electrons. The SMILES string of the molecule is CC(C)(CC(=O)Nc1cc[nH]c1)C(=O)O. The van der Waals surface area contributed by atoms with Crippen molar-refractivity contribution in [3.63, 3.8) is 0 Å². The van der Waals surface area contributed by atoms with Gasteiger partial charge in [0.15, 0.2) is 0 Å². The topological polar surface area (TPSA) is 82.2 Å². The molecule has 0 aliphatic carbocycles. The van der Waals surface area contributed by atoms with Crippen LogP contribution in [0, 0.1) is 5.41 Å². The maximum absolute atomic E-state index is 11.4. The second-order valence-corrected chi connectivity index (χ2v) is 4.01. The summed E-state index contributed by atoms with van der Waals surface area (Å²) in [5.41, 5.74) is -0.401. The second-order valence-electron chi connectivity index (χ2n) is 4.01. The lowest BCUT2D eigenvalue weighted by molar-refractivity contribution is -0.148. The van der Waals surface area contributed by atoms with Crippen molar-refractivity contribution in [2.24, 2.45) is 5.41 Å². The largest absolute Gasteiger partial charge is 0.481 e. The first kappa shape index (κ1) is 11.3. The molecule has 0 aromatic carbocycles. The van der Waals surface area contributed by atoms with Gasteiger partial charge in [0, 0.05) is 18.8 Å². The van der Waals surface area contributed by atoms with Crippen LogP contribution in [0.25, 0.3) is 0 Å². The van der Waals surface area contributed by atoms with Gasteiger partial charge in [-0.3, -0.25) is 9.59 Å². The summed E-state index contributed by atoms with van der Waals surface area (Å²) in [6.07, 6.45) is 3.26. The highest BCUT2D eigenvalue weighted by Gasteiger charge is 2.30. The van der Waals surface area contributed by atoms with Crippen molar-refractivity contribution in [2.75, 3.05) is 5.32 Å². The summed E-state index contributed by atoms with van der Waals surface area (Å²) in [5.74, 6) is -1.28. The molecule has 5 nitrogen and oxygen atoms in total. The first-order chi connectivity index (χ1) is 6.92. The number of aromatic nitrogens is 1. The monoisotopic (exact) mass is 210 g/mol. The molecule has 1 aromatic rings. The van der Waals surface area contributed by atoms with E-state index in [2.05, 4.69) is 10.3 Å². The van der Waals surface area contributed by atoms with Gasteiger partial charge < -0.3 is 15.4 Å². The van der Waals surface area contributed by atoms with Crippen LogP contribution in [0.15, 0.2) is 18.5 Å². The van der Waals surface area contributed by atoms with Crippen LogP contribution in [0.3, 0.4) is 0 Å². The van der Waals surface area contributed by atoms with Gasteiger partial charge in [0.05, 0.1) is 11.1 Å². The highest BCUT2D eigenvalue weighted by molar-refractivity contribution is 5.93. The van der Waals surface area contributed by atoms with Gasteiger partial charge in [0.2, 0.25) is 5.91 Å². The third kappa shape index (κ3) is 3.12. The summed E-state index contributed by atoms with van der Waals surface area (Å²) in [5, 5.41) is 11.4.